The first-order valence-corrected chi connectivity index (χ1v) is 5.85. The molecule has 9 heteroatoms. The van der Waals surface area contributed by atoms with Crippen molar-refractivity contribution in [1.29, 1.82) is 0 Å². The summed E-state index contributed by atoms with van der Waals surface area (Å²) in [5, 5.41) is 19.9. The summed E-state index contributed by atoms with van der Waals surface area (Å²) in [6.45, 7) is 0. The third kappa shape index (κ3) is 1.26. The Hall–Kier alpha value is -1.97. The van der Waals surface area contributed by atoms with Crippen LogP contribution in [0.4, 0.5) is 5.95 Å². The first-order valence-electron chi connectivity index (χ1n) is 5.85. The van der Waals surface area contributed by atoms with Gasteiger partial charge in [-0.05, 0) is 0 Å². The second kappa shape index (κ2) is 3.32. The highest BCUT2D eigenvalue weighted by molar-refractivity contribution is 5.72. The number of imidazole rings is 1. The van der Waals surface area contributed by atoms with Gasteiger partial charge in [0.05, 0.1) is 6.10 Å². The number of aromatic amines is 1. The Balaban J connectivity index is 2.06. The Kier molecular flexibility index (Phi) is 1.91. The predicted molar refractivity (Wildman–Crippen MR) is 62.1 cm³/mol. The van der Waals surface area contributed by atoms with Crippen molar-refractivity contribution < 1.29 is 14.9 Å². The SMILES string of the molecule is Nc1nc2c(nc3n2[C@H]2C[C@H](O)[C@H](O2)C3O)c(=O)[nH]1. The van der Waals surface area contributed by atoms with E-state index in [1.54, 1.807) is 0 Å². The highest BCUT2D eigenvalue weighted by atomic mass is 16.5. The average molecular weight is 265 g/mol. The molecule has 2 aromatic heterocycles. The minimum absolute atomic E-state index is 0.0321. The zero-order valence-corrected chi connectivity index (χ0v) is 9.65. The van der Waals surface area contributed by atoms with Gasteiger partial charge < -0.3 is 20.7 Å². The van der Waals surface area contributed by atoms with Gasteiger partial charge in [-0.2, -0.15) is 4.98 Å². The maximum absolute atomic E-state index is 11.8. The van der Waals surface area contributed by atoms with Crippen LogP contribution in [0.15, 0.2) is 4.79 Å². The van der Waals surface area contributed by atoms with E-state index in [9.17, 15) is 15.0 Å². The maximum Gasteiger partial charge on any atom is 0.280 e. The summed E-state index contributed by atoms with van der Waals surface area (Å²) in [5.41, 5.74) is 5.41. The quantitative estimate of drug-likeness (QED) is 0.449. The van der Waals surface area contributed by atoms with Crippen LogP contribution < -0.4 is 11.3 Å². The summed E-state index contributed by atoms with van der Waals surface area (Å²) in [4.78, 5) is 22.3. The van der Waals surface area contributed by atoms with Crippen LogP contribution in [-0.2, 0) is 4.74 Å². The van der Waals surface area contributed by atoms with E-state index in [2.05, 4.69) is 15.0 Å². The van der Waals surface area contributed by atoms with Gasteiger partial charge in [-0.3, -0.25) is 14.3 Å². The van der Waals surface area contributed by atoms with Crippen molar-refractivity contribution in [3.8, 4) is 0 Å². The van der Waals surface area contributed by atoms with Crippen molar-refractivity contribution in [2.45, 2.75) is 31.0 Å². The summed E-state index contributed by atoms with van der Waals surface area (Å²) in [5.74, 6) is 0.242. The number of aliphatic hydroxyl groups excluding tert-OH is 2. The van der Waals surface area contributed by atoms with Gasteiger partial charge in [0.2, 0.25) is 5.95 Å². The van der Waals surface area contributed by atoms with Crippen LogP contribution >= 0.6 is 0 Å². The molecule has 1 unspecified atom stereocenters. The number of aromatic nitrogens is 4. The third-order valence-electron chi connectivity index (χ3n) is 3.60. The van der Waals surface area contributed by atoms with Crippen molar-refractivity contribution in [3.05, 3.63) is 16.2 Å². The Morgan fingerprint density at radius 2 is 2.21 bits per heavy atom. The Bertz CT molecular complexity index is 737. The van der Waals surface area contributed by atoms with Gasteiger partial charge in [-0.25, -0.2) is 4.98 Å². The van der Waals surface area contributed by atoms with Crippen LogP contribution in [0.2, 0.25) is 0 Å². The molecule has 2 bridgehead atoms. The molecule has 1 fully saturated rings. The minimum Gasteiger partial charge on any atom is -0.390 e. The van der Waals surface area contributed by atoms with Crippen molar-refractivity contribution in [2.24, 2.45) is 0 Å². The normalized spacial score (nSPS) is 32.7. The standard InChI is InChI=1S/C10H11N5O4/c11-10-13-7-4(9(18)14-10)12-8-5(17)6-2(16)1-3(19-6)15(7)8/h2-3,5-6,16-17H,1H2,(H3,11,13,14,18)/t2-,3+,5?,6-/m0/s1. The van der Waals surface area contributed by atoms with Gasteiger partial charge in [0, 0.05) is 6.42 Å². The van der Waals surface area contributed by atoms with Crippen molar-refractivity contribution in [1.82, 2.24) is 19.5 Å². The van der Waals surface area contributed by atoms with E-state index in [0.717, 1.165) is 0 Å². The predicted octanol–water partition coefficient (Wildman–Crippen LogP) is -1.60. The van der Waals surface area contributed by atoms with Crippen molar-refractivity contribution in [2.75, 3.05) is 5.73 Å². The zero-order chi connectivity index (χ0) is 13.3. The molecule has 0 aliphatic carbocycles. The molecule has 4 heterocycles. The zero-order valence-electron chi connectivity index (χ0n) is 9.65. The Morgan fingerprint density at radius 3 is 3.00 bits per heavy atom. The molecule has 0 amide bonds. The fourth-order valence-corrected chi connectivity index (χ4v) is 2.78. The van der Waals surface area contributed by atoms with E-state index in [-0.39, 0.29) is 22.9 Å². The second-order valence-corrected chi connectivity index (χ2v) is 4.77. The topological polar surface area (TPSA) is 139 Å². The number of anilines is 1. The van der Waals surface area contributed by atoms with Crippen LogP contribution in [0.3, 0.4) is 0 Å². The summed E-state index contributed by atoms with van der Waals surface area (Å²) < 4.78 is 7.05. The molecule has 19 heavy (non-hydrogen) atoms. The average Bonchev–Trinajstić information content (AvgIpc) is 2.87. The molecular weight excluding hydrogens is 254 g/mol. The fourth-order valence-electron chi connectivity index (χ4n) is 2.78. The number of nitrogen functional groups attached to an aromatic ring is 1. The van der Waals surface area contributed by atoms with E-state index in [0.29, 0.717) is 6.42 Å². The van der Waals surface area contributed by atoms with Crippen molar-refractivity contribution in [3.63, 3.8) is 0 Å². The van der Waals surface area contributed by atoms with Gasteiger partial charge in [-0.15, -0.1) is 0 Å². The van der Waals surface area contributed by atoms with E-state index < -0.39 is 30.1 Å². The number of nitrogens with one attached hydrogen (secondary N) is 1. The number of nitrogens with zero attached hydrogens (tertiary/aromatic N) is 3. The number of hydrogen-bond acceptors (Lipinski definition) is 7. The summed E-state index contributed by atoms with van der Waals surface area (Å²) in [7, 11) is 0. The highest BCUT2D eigenvalue weighted by Gasteiger charge is 2.48. The number of fused-ring (bicyclic) bond motifs is 6. The summed E-state index contributed by atoms with van der Waals surface area (Å²) >= 11 is 0. The monoisotopic (exact) mass is 265 g/mol. The number of nitrogens with two attached hydrogens (primary N) is 1. The number of H-pyrrole nitrogens is 1. The summed E-state index contributed by atoms with van der Waals surface area (Å²) in [6.07, 6.45) is -2.75. The first-order chi connectivity index (χ1) is 9.06. The largest absolute Gasteiger partial charge is 0.390 e. The second-order valence-electron chi connectivity index (χ2n) is 4.77. The lowest BCUT2D eigenvalue weighted by molar-refractivity contribution is -0.110. The lowest BCUT2D eigenvalue weighted by atomic mass is 10.1. The van der Waals surface area contributed by atoms with Gasteiger partial charge >= 0.3 is 0 Å². The minimum atomic E-state index is -1.09. The number of ether oxygens (including phenoxy) is 1. The molecule has 2 aliphatic heterocycles. The molecular formula is C10H11N5O4. The lowest BCUT2D eigenvalue weighted by Crippen LogP contribution is -2.33. The molecule has 4 atom stereocenters. The third-order valence-corrected chi connectivity index (χ3v) is 3.60. The van der Waals surface area contributed by atoms with Gasteiger partial charge in [0.1, 0.15) is 24.3 Å². The molecule has 4 rings (SSSR count). The molecule has 9 nitrogen and oxygen atoms in total. The summed E-state index contributed by atoms with van der Waals surface area (Å²) in [6, 6.07) is 0. The van der Waals surface area contributed by atoms with Gasteiger partial charge in [0.25, 0.3) is 5.56 Å². The van der Waals surface area contributed by atoms with E-state index in [1.165, 1.54) is 4.57 Å². The van der Waals surface area contributed by atoms with Crippen LogP contribution in [0.5, 0.6) is 0 Å². The number of rotatable bonds is 0. The Morgan fingerprint density at radius 1 is 1.42 bits per heavy atom. The highest BCUT2D eigenvalue weighted by Crippen LogP contribution is 2.42. The van der Waals surface area contributed by atoms with Crippen LogP contribution in [0.25, 0.3) is 11.2 Å². The molecule has 2 aliphatic rings. The Labute approximate surface area is 105 Å². The van der Waals surface area contributed by atoms with Crippen LogP contribution in [-0.4, -0.2) is 41.9 Å². The molecule has 5 N–H and O–H groups in total. The van der Waals surface area contributed by atoms with E-state index in [1.807, 2.05) is 0 Å². The fraction of sp³-hybridized carbons (Fsp3) is 0.500. The molecule has 0 saturated carbocycles. The maximum atomic E-state index is 11.8. The smallest absolute Gasteiger partial charge is 0.280 e. The van der Waals surface area contributed by atoms with Crippen LogP contribution in [0.1, 0.15) is 24.6 Å². The van der Waals surface area contributed by atoms with E-state index in [4.69, 9.17) is 10.5 Å². The molecule has 100 valence electrons. The molecule has 0 spiro atoms. The number of hydrogen-bond donors (Lipinski definition) is 4. The lowest BCUT2D eigenvalue weighted by Gasteiger charge is -2.27. The van der Waals surface area contributed by atoms with E-state index >= 15 is 0 Å². The van der Waals surface area contributed by atoms with Gasteiger partial charge in [0.15, 0.2) is 11.2 Å². The van der Waals surface area contributed by atoms with Crippen molar-refractivity contribution >= 4 is 17.1 Å². The van der Waals surface area contributed by atoms with Gasteiger partial charge in [-0.1, -0.05) is 0 Å². The molecule has 2 aromatic rings. The number of aliphatic hydroxyl groups is 2. The molecule has 0 aromatic carbocycles. The molecule has 0 radical (unpaired) electrons. The van der Waals surface area contributed by atoms with Crippen LogP contribution in [0, 0.1) is 0 Å². The molecule has 1 saturated heterocycles. The first kappa shape index (κ1) is 10.9.